The molecule has 2 saturated heterocycles. The first-order valence-electron chi connectivity index (χ1n) is 8.56. The predicted molar refractivity (Wildman–Crippen MR) is 85.7 cm³/mol. The van der Waals surface area contributed by atoms with Gasteiger partial charge in [0.15, 0.2) is 5.82 Å². The molecule has 22 heavy (non-hydrogen) atoms. The van der Waals surface area contributed by atoms with E-state index in [1.165, 1.54) is 26.2 Å². The molecule has 0 amide bonds. The molecule has 2 aliphatic rings. The molecular formula is C16H29N5O. The number of aromatic nitrogens is 2. The Balaban J connectivity index is 1.41. The van der Waals surface area contributed by atoms with Gasteiger partial charge in [-0.3, -0.25) is 14.7 Å². The Morgan fingerprint density at radius 3 is 2.32 bits per heavy atom. The van der Waals surface area contributed by atoms with Crippen LogP contribution in [0.4, 0.5) is 0 Å². The van der Waals surface area contributed by atoms with E-state index in [0.717, 1.165) is 31.3 Å². The summed E-state index contributed by atoms with van der Waals surface area (Å²) in [6, 6.07) is 1.38. The topological polar surface area (TPSA) is 48.6 Å². The van der Waals surface area contributed by atoms with Gasteiger partial charge in [0.05, 0.1) is 6.54 Å². The summed E-state index contributed by atoms with van der Waals surface area (Å²) < 4.78 is 5.33. The molecular weight excluding hydrogens is 278 g/mol. The van der Waals surface area contributed by atoms with E-state index in [-0.39, 0.29) is 0 Å². The van der Waals surface area contributed by atoms with E-state index in [0.29, 0.717) is 18.0 Å². The highest BCUT2D eigenvalue weighted by Gasteiger charge is 2.34. The smallest absolute Gasteiger partial charge is 0.240 e. The predicted octanol–water partition coefficient (Wildman–Crippen LogP) is 1.40. The fourth-order valence-electron chi connectivity index (χ4n) is 3.28. The molecule has 1 aromatic heterocycles. The fourth-order valence-corrected chi connectivity index (χ4v) is 3.28. The van der Waals surface area contributed by atoms with Crippen LogP contribution in [0.2, 0.25) is 0 Å². The summed E-state index contributed by atoms with van der Waals surface area (Å²) >= 11 is 0. The van der Waals surface area contributed by atoms with Gasteiger partial charge < -0.3 is 4.52 Å². The van der Waals surface area contributed by atoms with Crippen LogP contribution in [0.25, 0.3) is 0 Å². The molecule has 1 aromatic rings. The SMILES string of the molecule is CC(C)c1noc(CN2CC(N3CCN(C(C)C)CC3)C2)n1. The third kappa shape index (κ3) is 3.50. The van der Waals surface area contributed by atoms with Crippen LogP contribution in [-0.2, 0) is 6.54 Å². The molecule has 0 aromatic carbocycles. The van der Waals surface area contributed by atoms with E-state index in [9.17, 15) is 0 Å². The molecule has 0 spiro atoms. The number of nitrogens with zero attached hydrogens (tertiary/aromatic N) is 5. The number of likely N-dealkylation sites (tertiary alicyclic amines) is 1. The lowest BCUT2D eigenvalue weighted by Gasteiger charge is -2.48. The molecule has 124 valence electrons. The Morgan fingerprint density at radius 1 is 1.09 bits per heavy atom. The van der Waals surface area contributed by atoms with Crippen molar-refractivity contribution in [3.05, 3.63) is 11.7 Å². The Hall–Kier alpha value is -0.980. The van der Waals surface area contributed by atoms with Gasteiger partial charge in [-0.2, -0.15) is 4.98 Å². The monoisotopic (exact) mass is 307 g/mol. The first-order chi connectivity index (χ1) is 10.5. The fraction of sp³-hybridized carbons (Fsp3) is 0.875. The van der Waals surface area contributed by atoms with Crippen LogP contribution in [0.3, 0.4) is 0 Å². The third-order valence-electron chi connectivity index (χ3n) is 4.89. The Labute approximate surface area is 133 Å². The minimum Gasteiger partial charge on any atom is -0.338 e. The molecule has 0 unspecified atom stereocenters. The summed E-state index contributed by atoms with van der Waals surface area (Å²) in [7, 11) is 0. The zero-order chi connectivity index (χ0) is 15.7. The highest BCUT2D eigenvalue weighted by atomic mass is 16.5. The average molecular weight is 307 g/mol. The van der Waals surface area contributed by atoms with Gasteiger partial charge in [-0.15, -0.1) is 0 Å². The van der Waals surface area contributed by atoms with Gasteiger partial charge >= 0.3 is 0 Å². The van der Waals surface area contributed by atoms with Crippen LogP contribution in [0.15, 0.2) is 4.52 Å². The summed E-state index contributed by atoms with van der Waals surface area (Å²) in [6.45, 7) is 16.6. The molecule has 6 heteroatoms. The number of rotatable bonds is 5. The lowest BCUT2D eigenvalue weighted by Crippen LogP contribution is -2.63. The normalized spacial score (nSPS) is 22.6. The number of hydrogen-bond donors (Lipinski definition) is 0. The van der Waals surface area contributed by atoms with Crippen molar-refractivity contribution in [1.29, 1.82) is 0 Å². The molecule has 0 aliphatic carbocycles. The van der Waals surface area contributed by atoms with Crippen LogP contribution < -0.4 is 0 Å². The van der Waals surface area contributed by atoms with Crippen LogP contribution in [0.5, 0.6) is 0 Å². The summed E-state index contributed by atoms with van der Waals surface area (Å²) in [6.07, 6.45) is 0. The quantitative estimate of drug-likeness (QED) is 0.819. The van der Waals surface area contributed by atoms with Crippen LogP contribution in [0, 0.1) is 0 Å². The van der Waals surface area contributed by atoms with Gasteiger partial charge in [-0.1, -0.05) is 19.0 Å². The van der Waals surface area contributed by atoms with E-state index in [1.807, 2.05) is 0 Å². The van der Waals surface area contributed by atoms with Crippen LogP contribution >= 0.6 is 0 Å². The minimum absolute atomic E-state index is 0.332. The number of hydrogen-bond acceptors (Lipinski definition) is 6. The molecule has 6 nitrogen and oxygen atoms in total. The maximum absolute atomic E-state index is 5.33. The highest BCUT2D eigenvalue weighted by Crippen LogP contribution is 2.20. The van der Waals surface area contributed by atoms with Gasteiger partial charge in [-0.25, -0.2) is 0 Å². The molecule has 2 fully saturated rings. The van der Waals surface area contributed by atoms with Crippen molar-refractivity contribution in [2.75, 3.05) is 39.3 Å². The highest BCUT2D eigenvalue weighted by molar-refractivity contribution is 4.95. The second-order valence-electron chi connectivity index (χ2n) is 7.21. The van der Waals surface area contributed by atoms with Crippen molar-refractivity contribution in [2.24, 2.45) is 0 Å². The van der Waals surface area contributed by atoms with E-state index in [4.69, 9.17) is 4.52 Å². The van der Waals surface area contributed by atoms with Gasteiger partial charge in [0.2, 0.25) is 5.89 Å². The van der Waals surface area contributed by atoms with Crippen molar-refractivity contribution in [2.45, 2.75) is 52.2 Å². The largest absolute Gasteiger partial charge is 0.338 e. The Morgan fingerprint density at radius 2 is 1.77 bits per heavy atom. The van der Waals surface area contributed by atoms with Gasteiger partial charge in [0.25, 0.3) is 0 Å². The maximum Gasteiger partial charge on any atom is 0.240 e. The minimum atomic E-state index is 0.332. The standard InChI is InChI=1S/C16H29N5O/c1-12(2)16-17-15(22-18-16)11-19-9-14(10-19)21-7-5-20(6-8-21)13(3)4/h12-14H,5-11H2,1-4H3. The summed E-state index contributed by atoms with van der Waals surface area (Å²) in [4.78, 5) is 12.1. The zero-order valence-electron chi connectivity index (χ0n) is 14.3. The Kier molecular flexibility index (Phi) is 4.80. The van der Waals surface area contributed by atoms with Crippen LogP contribution in [-0.4, -0.2) is 76.2 Å². The Bertz CT molecular complexity index is 473. The van der Waals surface area contributed by atoms with Gasteiger partial charge in [0.1, 0.15) is 0 Å². The average Bonchev–Trinajstić information content (AvgIpc) is 2.91. The molecule has 0 saturated carbocycles. The van der Waals surface area contributed by atoms with Crippen molar-refractivity contribution in [3.63, 3.8) is 0 Å². The third-order valence-corrected chi connectivity index (χ3v) is 4.89. The van der Waals surface area contributed by atoms with E-state index in [2.05, 4.69) is 52.5 Å². The van der Waals surface area contributed by atoms with Gasteiger partial charge in [0, 0.05) is 57.3 Å². The first kappa shape index (κ1) is 15.9. The lowest BCUT2D eigenvalue weighted by molar-refractivity contribution is -0.00792. The molecule has 3 heterocycles. The van der Waals surface area contributed by atoms with E-state index >= 15 is 0 Å². The molecule has 0 atom stereocenters. The van der Waals surface area contributed by atoms with E-state index in [1.54, 1.807) is 0 Å². The van der Waals surface area contributed by atoms with Crippen molar-refractivity contribution in [3.8, 4) is 0 Å². The van der Waals surface area contributed by atoms with Gasteiger partial charge in [-0.05, 0) is 13.8 Å². The molecule has 0 bridgehead atoms. The summed E-state index contributed by atoms with van der Waals surface area (Å²) in [5.74, 6) is 1.91. The maximum atomic E-state index is 5.33. The van der Waals surface area contributed by atoms with Crippen molar-refractivity contribution in [1.82, 2.24) is 24.8 Å². The lowest BCUT2D eigenvalue weighted by atomic mass is 10.1. The molecule has 0 N–H and O–H groups in total. The second kappa shape index (κ2) is 6.64. The second-order valence-corrected chi connectivity index (χ2v) is 7.21. The first-order valence-corrected chi connectivity index (χ1v) is 8.56. The van der Waals surface area contributed by atoms with Crippen molar-refractivity contribution < 1.29 is 4.52 Å². The molecule has 2 aliphatic heterocycles. The van der Waals surface area contributed by atoms with Crippen LogP contribution in [0.1, 0.15) is 45.3 Å². The van der Waals surface area contributed by atoms with E-state index < -0.39 is 0 Å². The number of piperazine rings is 1. The summed E-state index contributed by atoms with van der Waals surface area (Å²) in [5.41, 5.74) is 0. The zero-order valence-corrected chi connectivity index (χ0v) is 14.3. The van der Waals surface area contributed by atoms with Crippen molar-refractivity contribution >= 4 is 0 Å². The molecule has 0 radical (unpaired) electrons. The summed E-state index contributed by atoms with van der Waals surface area (Å²) in [5, 5.41) is 4.03. The molecule has 3 rings (SSSR count).